The summed E-state index contributed by atoms with van der Waals surface area (Å²) in [7, 11) is 0. The van der Waals surface area contributed by atoms with E-state index in [0.29, 0.717) is 17.8 Å². The third-order valence-electron chi connectivity index (χ3n) is 3.55. The average Bonchev–Trinajstić information content (AvgIpc) is 2.97. The Hall–Kier alpha value is -2.70. The summed E-state index contributed by atoms with van der Waals surface area (Å²) in [6, 6.07) is 8.43. The van der Waals surface area contributed by atoms with Crippen molar-refractivity contribution >= 4 is 17.6 Å². The van der Waals surface area contributed by atoms with Crippen LogP contribution in [0, 0.1) is 0 Å². The van der Waals surface area contributed by atoms with Gasteiger partial charge in [-0.3, -0.25) is 4.79 Å². The van der Waals surface area contributed by atoms with E-state index in [4.69, 9.17) is 0 Å². The van der Waals surface area contributed by atoms with Crippen molar-refractivity contribution in [1.29, 1.82) is 0 Å². The molecule has 0 bridgehead atoms. The van der Waals surface area contributed by atoms with Crippen molar-refractivity contribution in [2.75, 3.05) is 5.32 Å². The summed E-state index contributed by atoms with van der Waals surface area (Å²) in [4.78, 5) is 23.6. The van der Waals surface area contributed by atoms with Crippen molar-refractivity contribution in [1.82, 2.24) is 15.0 Å². The number of nitrogens with zero attached hydrogens (tertiary/aromatic N) is 3. The van der Waals surface area contributed by atoms with Gasteiger partial charge in [-0.05, 0) is 31.9 Å². The zero-order valence-electron chi connectivity index (χ0n) is 13.2. The maximum atomic E-state index is 12.4. The number of hydrogen-bond donors (Lipinski definition) is 2. The van der Waals surface area contributed by atoms with E-state index in [1.165, 1.54) is 4.68 Å². The highest BCUT2D eigenvalue weighted by Crippen LogP contribution is 2.17. The van der Waals surface area contributed by atoms with Crippen LogP contribution in [-0.2, 0) is 11.2 Å². The fourth-order valence-corrected chi connectivity index (χ4v) is 2.25. The van der Waals surface area contributed by atoms with Crippen LogP contribution in [0.1, 0.15) is 48.9 Å². The lowest BCUT2D eigenvalue weighted by Crippen LogP contribution is -2.26. The number of nitrogens with one attached hydrogen (secondary N) is 1. The summed E-state index contributed by atoms with van der Waals surface area (Å²) in [5.74, 6) is -1.39. The molecule has 0 fully saturated rings. The van der Waals surface area contributed by atoms with Crippen molar-refractivity contribution in [3.8, 4) is 0 Å². The second-order valence-corrected chi connectivity index (χ2v) is 5.27. The number of carbonyl (C=O) groups is 2. The summed E-state index contributed by atoms with van der Waals surface area (Å²) < 4.78 is 1.40. The number of rotatable bonds is 7. The smallest absolute Gasteiger partial charge is 0.358 e. The highest BCUT2D eigenvalue weighted by molar-refractivity contribution is 5.93. The molecular formula is C16H20N4O3. The maximum Gasteiger partial charge on any atom is 0.358 e. The van der Waals surface area contributed by atoms with Crippen molar-refractivity contribution in [2.24, 2.45) is 0 Å². The van der Waals surface area contributed by atoms with Gasteiger partial charge in [-0.1, -0.05) is 36.8 Å². The van der Waals surface area contributed by atoms with Gasteiger partial charge in [0.05, 0.1) is 5.69 Å². The minimum absolute atomic E-state index is 0.0854. The molecule has 2 N–H and O–H groups in total. The Morgan fingerprint density at radius 3 is 2.61 bits per heavy atom. The number of aromatic nitrogens is 3. The topological polar surface area (TPSA) is 97.1 Å². The fourth-order valence-electron chi connectivity index (χ4n) is 2.25. The molecule has 7 nitrogen and oxygen atoms in total. The van der Waals surface area contributed by atoms with Gasteiger partial charge in [0.25, 0.3) is 0 Å². The second-order valence-electron chi connectivity index (χ2n) is 5.27. The van der Waals surface area contributed by atoms with Crippen molar-refractivity contribution in [2.45, 2.75) is 39.2 Å². The molecule has 0 saturated carbocycles. The molecule has 122 valence electrons. The normalized spacial score (nSPS) is 11.9. The van der Waals surface area contributed by atoms with Crippen molar-refractivity contribution in [3.05, 3.63) is 41.7 Å². The maximum absolute atomic E-state index is 12.4. The van der Waals surface area contributed by atoms with Gasteiger partial charge in [0.1, 0.15) is 6.04 Å². The van der Waals surface area contributed by atoms with E-state index in [2.05, 4.69) is 15.6 Å². The van der Waals surface area contributed by atoms with Gasteiger partial charge in [0.2, 0.25) is 5.91 Å². The van der Waals surface area contributed by atoms with E-state index >= 15 is 0 Å². The van der Waals surface area contributed by atoms with Crippen molar-refractivity contribution in [3.63, 3.8) is 0 Å². The van der Waals surface area contributed by atoms with Crippen LogP contribution in [0.2, 0.25) is 0 Å². The SMILES string of the molecule is CCCCc1c(C(=O)O)nnn1C(C)C(=O)Nc1ccccc1. The number of carbonyl (C=O) groups excluding carboxylic acids is 1. The molecule has 1 heterocycles. The predicted octanol–water partition coefficient (Wildman–Crippen LogP) is 2.52. The van der Waals surface area contributed by atoms with Crippen LogP contribution >= 0.6 is 0 Å². The van der Waals surface area contributed by atoms with Crippen LogP contribution in [-0.4, -0.2) is 32.0 Å². The van der Waals surface area contributed by atoms with Crippen LogP contribution in [0.15, 0.2) is 30.3 Å². The third kappa shape index (κ3) is 3.94. The molecule has 1 unspecified atom stereocenters. The van der Waals surface area contributed by atoms with Gasteiger partial charge in [-0.15, -0.1) is 5.10 Å². The summed E-state index contributed by atoms with van der Waals surface area (Å²) in [6.07, 6.45) is 2.24. The largest absolute Gasteiger partial charge is 0.476 e. The van der Waals surface area contributed by atoms with E-state index in [0.717, 1.165) is 12.8 Å². The van der Waals surface area contributed by atoms with Crippen LogP contribution in [0.5, 0.6) is 0 Å². The monoisotopic (exact) mass is 316 g/mol. The average molecular weight is 316 g/mol. The minimum atomic E-state index is -1.13. The summed E-state index contributed by atoms with van der Waals surface area (Å²) in [5.41, 5.74) is 1.07. The van der Waals surface area contributed by atoms with E-state index in [-0.39, 0.29) is 11.6 Å². The summed E-state index contributed by atoms with van der Waals surface area (Å²) >= 11 is 0. The quantitative estimate of drug-likeness (QED) is 0.818. The Bertz CT molecular complexity index is 682. The first-order valence-electron chi connectivity index (χ1n) is 7.57. The third-order valence-corrected chi connectivity index (χ3v) is 3.55. The van der Waals surface area contributed by atoms with Gasteiger partial charge in [0.15, 0.2) is 5.69 Å². The molecule has 1 amide bonds. The van der Waals surface area contributed by atoms with E-state index < -0.39 is 12.0 Å². The van der Waals surface area contributed by atoms with Crippen LogP contribution in [0.4, 0.5) is 5.69 Å². The number of carboxylic acid groups (broad SMARTS) is 1. The number of aromatic carboxylic acids is 1. The molecule has 2 aromatic rings. The number of para-hydroxylation sites is 1. The minimum Gasteiger partial charge on any atom is -0.476 e. The zero-order chi connectivity index (χ0) is 16.8. The standard InChI is InChI=1S/C16H20N4O3/c1-3-4-10-13-14(16(22)23)18-19-20(13)11(2)15(21)17-12-8-6-5-7-9-12/h5-9,11H,3-4,10H2,1-2H3,(H,17,21)(H,22,23). The zero-order valence-corrected chi connectivity index (χ0v) is 13.2. The Labute approximate surface area is 134 Å². The lowest BCUT2D eigenvalue weighted by molar-refractivity contribution is -0.119. The predicted molar refractivity (Wildman–Crippen MR) is 85.4 cm³/mol. The molecule has 23 heavy (non-hydrogen) atoms. The Morgan fingerprint density at radius 2 is 2.00 bits per heavy atom. The van der Waals surface area contributed by atoms with E-state index in [1.54, 1.807) is 19.1 Å². The molecule has 0 radical (unpaired) electrons. The van der Waals surface area contributed by atoms with E-state index in [9.17, 15) is 14.7 Å². The molecule has 0 aliphatic carbocycles. The Balaban J connectivity index is 2.22. The number of amides is 1. The van der Waals surface area contributed by atoms with Gasteiger partial charge >= 0.3 is 5.97 Å². The number of carboxylic acids is 1. The molecule has 0 saturated heterocycles. The molecule has 0 aliphatic rings. The molecular weight excluding hydrogens is 296 g/mol. The van der Waals surface area contributed by atoms with Crippen molar-refractivity contribution < 1.29 is 14.7 Å². The highest BCUT2D eigenvalue weighted by atomic mass is 16.4. The highest BCUT2D eigenvalue weighted by Gasteiger charge is 2.25. The fraction of sp³-hybridized carbons (Fsp3) is 0.375. The Morgan fingerprint density at radius 1 is 1.30 bits per heavy atom. The molecule has 1 aromatic heterocycles. The number of benzene rings is 1. The van der Waals surface area contributed by atoms with Gasteiger partial charge in [0, 0.05) is 5.69 Å². The lowest BCUT2D eigenvalue weighted by atomic mass is 10.1. The van der Waals surface area contributed by atoms with E-state index in [1.807, 2.05) is 25.1 Å². The molecule has 7 heteroatoms. The Kier molecular flexibility index (Phi) is 5.46. The molecule has 1 aromatic carbocycles. The molecule has 0 spiro atoms. The lowest BCUT2D eigenvalue weighted by Gasteiger charge is -2.15. The first kappa shape index (κ1) is 16.7. The number of hydrogen-bond acceptors (Lipinski definition) is 4. The van der Waals surface area contributed by atoms with Crippen LogP contribution in [0.25, 0.3) is 0 Å². The summed E-state index contributed by atoms with van der Waals surface area (Å²) in [5, 5.41) is 19.6. The van der Waals surface area contributed by atoms with Crippen LogP contribution < -0.4 is 5.32 Å². The molecule has 2 rings (SSSR count). The summed E-state index contributed by atoms with van der Waals surface area (Å²) in [6.45, 7) is 3.69. The second kappa shape index (κ2) is 7.53. The number of anilines is 1. The molecule has 1 atom stereocenters. The number of unbranched alkanes of at least 4 members (excludes halogenated alkanes) is 1. The van der Waals surface area contributed by atoms with Gasteiger partial charge in [-0.2, -0.15) is 0 Å². The van der Waals surface area contributed by atoms with Gasteiger partial charge < -0.3 is 10.4 Å². The molecule has 0 aliphatic heterocycles. The van der Waals surface area contributed by atoms with Crippen LogP contribution in [0.3, 0.4) is 0 Å². The first-order valence-corrected chi connectivity index (χ1v) is 7.57. The van der Waals surface area contributed by atoms with Gasteiger partial charge in [-0.25, -0.2) is 9.48 Å². The first-order chi connectivity index (χ1) is 11.0.